The van der Waals surface area contributed by atoms with Crippen molar-refractivity contribution in [2.45, 2.75) is 12.8 Å². The Morgan fingerprint density at radius 1 is 1.00 bits per heavy atom. The summed E-state index contributed by atoms with van der Waals surface area (Å²) in [5, 5.41) is 10.4. The van der Waals surface area contributed by atoms with Crippen molar-refractivity contribution < 1.29 is 9.59 Å². The molecule has 5 nitrogen and oxygen atoms in total. The van der Waals surface area contributed by atoms with Crippen molar-refractivity contribution in [2.24, 2.45) is 0 Å². The average Bonchev–Trinajstić information content (AvgIpc) is 3.21. The predicted molar refractivity (Wildman–Crippen MR) is 116 cm³/mol. The van der Waals surface area contributed by atoms with Crippen molar-refractivity contribution in [2.75, 3.05) is 10.6 Å². The molecule has 1 aromatic heterocycles. The Balaban J connectivity index is 1.36. The lowest BCUT2D eigenvalue weighted by atomic mass is 9.99. The number of fused-ring (bicyclic) bond motifs is 2. The molecule has 0 aliphatic carbocycles. The molecule has 0 radical (unpaired) electrons. The summed E-state index contributed by atoms with van der Waals surface area (Å²) in [6, 6.07) is 19.5. The summed E-state index contributed by atoms with van der Waals surface area (Å²) < 4.78 is 0. The number of nitrogens with one attached hydrogen (secondary N) is 2. The minimum atomic E-state index is -0.176. The van der Waals surface area contributed by atoms with E-state index in [2.05, 4.69) is 21.7 Å². The van der Waals surface area contributed by atoms with Crippen molar-refractivity contribution in [3.63, 3.8) is 0 Å². The predicted octanol–water partition coefficient (Wildman–Crippen LogP) is 5.10. The molecule has 1 aliphatic heterocycles. The van der Waals surface area contributed by atoms with E-state index < -0.39 is 0 Å². The normalized spacial score (nSPS) is 13.0. The first-order valence-corrected chi connectivity index (χ1v) is 10.2. The van der Waals surface area contributed by atoms with Gasteiger partial charge in [0.2, 0.25) is 5.91 Å². The van der Waals surface area contributed by atoms with Gasteiger partial charge in [0.1, 0.15) is 0 Å². The highest BCUT2D eigenvalue weighted by Crippen LogP contribution is 2.30. The van der Waals surface area contributed by atoms with Crippen molar-refractivity contribution >= 4 is 44.7 Å². The van der Waals surface area contributed by atoms with Gasteiger partial charge in [-0.1, -0.05) is 36.4 Å². The quantitative estimate of drug-likeness (QED) is 0.503. The summed E-state index contributed by atoms with van der Waals surface area (Å²) in [6.07, 6.45) is 1.23. The Bertz CT molecular complexity index is 1260. The fourth-order valence-electron chi connectivity index (χ4n) is 3.51. The number of benzene rings is 3. The van der Waals surface area contributed by atoms with E-state index in [1.807, 2.05) is 60.0 Å². The average molecular weight is 399 g/mol. The second kappa shape index (κ2) is 7.14. The molecule has 0 saturated heterocycles. The van der Waals surface area contributed by atoms with Crippen LogP contribution < -0.4 is 10.6 Å². The van der Waals surface area contributed by atoms with E-state index in [-0.39, 0.29) is 11.8 Å². The third-order valence-electron chi connectivity index (χ3n) is 5.03. The summed E-state index contributed by atoms with van der Waals surface area (Å²) >= 11 is 1.40. The number of anilines is 2. The zero-order chi connectivity index (χ0) is 19.8. The molecule has 2 N–H and O–H groups in total. The highest BCUT2D eigenvalue weighted by molar-refractivity contribution is 7.14. The molecule has 2 amide bonds. The lowest BCUT2D eigenvalue weighted by Gasteiger charge is -2.17. The van der Waals surface area contributed by atoms with Crippen LogP contribution in [0.4, 0.5) is 10.8 Å². The van der Waals surface area contributed by atoms with Gasteiger partial charge < -0.3 is 5.32 Å². The van der Waals surface area contributed by atoms with Crippen LogP contribution in [-0.4, -0.2) is 16.8 Å². The van der Waals surface area contributed by atoms with E-state index in [9.17, 15) is 9.59 Å². The van der Waals surface area contributed by atoms with Crippen LogP contribution in [0.15, 0.2) is 66.0 Å². The lowest BCUT2D eigenvalue weighted by molar-refractivity contribution is -0.116. The third kappa shape index (κ3) is 3.50. The van der Waals surface area contributed by atoms with E-state index in [1.165, 1.54) is 11.3 Å². The molecule has 0 saturated carbocycles. The van der Waals surface area contributed by atoms with Crippen LogP contribution >= 0.6 is 11.3 Å². The van der Waals surface area contributed by atoms with Crippen LogP contribution in [0, 0.1) is 0 Å². The van der Waals surface area contributed by atoms with Gasteiger partial charge in [-0.2, -0.15) is 0 Å². The molecule has 6 heteroatoms. The molecule has 0 bridgehead atoms. The summed E-state index contributed by atoms with van der Waals surface area (Å²) in [5.74, 6) is -0.123. The van der Waals surface area contributed by atoms with Gasteiger partial charge in [-0.05, 0) is 47.0 Å². The summed E-state index contributed by atoms with van der Waals surface area (Å²) in [5.41, 5.74) is 4.36. The fraction of sp³-hybridized carbons (Fsp3) is 0.0870. The van der Waals surface area contributed by atoms with Gasteiger partial charge in [0.25, 0.3) is 5.91 Å². The number of thiazole rings is 1. The van der Waals surface area contributed by atoms with Gasteiger partial charge in [-0.15, -0.1) is 11.3 Å². The van der Waals surface area contributed by atoms with Crippen LogP contribution in [-0.2, 0) is 11.2 Å². The molecule has 29 heavy (non-hydrogen) atoms. The maximum Gasteiger partial charge on any atom is 0.257 e. The Labute approximate surface area is 171 Å². The number of aromatic nitrogens is 1. The maximum atomic E-state index is 12.6. The van der Waals surface area contributed by atoms with E-state index in [4.69, 9.17) is 0 Å². The van der Waals surface area contributed by atoms with Crippen molar-refractivity contribution in [1.82, 2.24) is 4.98 Å². The fourth-order valence-corrected chi connectivity index (χ4v) is 4.22. The van der Waals surface area contributed by atoms with Crippen molar-refractivity contribution in [3.05, 3.63) is 77.2 Å². The third-order valence-corrected chi connectivity index (χ3v) is 5.79. The number of nitrogens with zero attached hydrogens (tertiary/aromatic N) is 1. The van der Waals surface area contributed by atoms with Gasteiger partial charge in [0.15, 0.2) is 5.13 Å². The molecule has 4 aromatic rings. The van der Waals surface area contributed by atoms with Crippen LogP contribution in [0.5, 0.6) is 0 Å². The summed E-state index contributed by atoms with van der Waals surface area (Å²) in [6.45, 7) is 0. The molecule has 5 rings (SSSR count). The first-order valence-electron chi connectivity index (χ1n) is 9.34. The molecular weight excluding hydrogens is 382 g/mol. The lowest BCUT2D eigenvalue weighted by Crippen LogP contribution is -2.18. The van der Waals surface area contributed by atoms with E-state index >= 15 is 0 Å². The molecule has 142 valence electrons. The smallest absolute Gasteiger partial charge is 0.257 e. The Kier molecular flexibility index (Phi) is 4.33. The Morgan fingerprint density at radius 2 is 1.86 bits per heavy atom. The number of carbonyl (C=O) groups excluding carboxylic acids is 2. The zero-order valence-corrected chi connectivity index (χ0v) is 16.3. The summed E-state index contributed by atoms with van der Waals surface area (Å²) in [4.78, 5) is 28.7. The minimum absolute atomic E-state index is 0.0533. The Morgan fingerprint density at radius 3 is 2.76 bits per heavy atom. The van der Waals surface area contributed by atoms with Crippen molar-refractivity contribution in [3.8, 4) is 11.3 Å². The monoisotopic (exact) mass is 399 g/mol. The molecule has 3 aromatic carbocycles. The SMILES string of the molecule is O=C1CCc2cc(-c3csc(NC(=O)c4ccc5ccccc5c4)n3)ccc2N1. The second-order valence-corrected chi connectivity index (χ2v) is 7.83. The van der Waals surface area contributed by atoms with Crippen molar-refractivity contribution in [1.29, 1.82) is 0 Å². The first kappa shape index (κ1) is 17.6. The molecule has 0 unspecified atom stereocenters. The highest BCUT2D eigenvalue weighted by Gasteiger charge is 2.16. The second-order valence-electron chi connectivity index (χ2n) is 6.97. The molecule has 1 aliphatic rings. The van der Waals surface area contributed by atoms with Gasteiger partial charge >= 0.3 is 0 Å². The number of aryl methyl sites for hydroxylation is 1. The number of amides is 2. The van der Waals surface area contributed by atoms with E-state index in [0.717, 1.165) is 39.7 Å². The minimum Gasteiger partial charge on any atom is -0.326 e. The molecule has 0 atom stereocenters. The Hall–Kier alpha value is -3.51. The number of carbonyl (C=O) groups is 2. The topological polar surface area (TPSA) is 71.1 Å². The highest BCUT2D eigenvalue weighted by atomic mass is 32.1. The van der Waals surface area contributed by atoms with Gasteiger partial charge in [-0.3, -0.25) is 14.9 Å². The maximum absolute atomic E-state index is 12.6. The largest absolute Gasteiger partial charge is 0.326 e. The molecular formula is C23H17N3O2S. The van der Waals surface area contributed by atoms with E-state index in [0.29, 0.717) is 17.1 Å². The van der Waals surface area contributed by atoms with Crippen LogP contribution in [0.25, 0.3) is 22.0 Å². The van der Waals surface area contributed by atoms with Gasteiger partial charge in [0.05, 0.1) is 5.69 Å². The van der Waals surface area contributed by atoms with Crippen LogP contribution in [0.2, 0.25) is 0 Å². The van der Waals surface area contributed by atoms with Crippen LogP contribution in [0.1, 0.15) is 22.3 Å². The summed E-state index contributed by atoms with van der Waals surface area (Å²) in [7, 11) is 0. The number of hydrogen-bond donors (Lipinski definition) is 2. The van der Waals surface area contributed by atoms with E-state index in [1.54, 1.807) is 0 Å². The number of hydrogen-bond acceptors (Lipinski definition) is 4. The van der Waals surface area contributed by atoms with Gasteiger partial charge in [-0.25, -0.2) is 4.98 Å². The first-order chi connectivity index (χ1) is 14.2. The standard InChI is InChI=1S/C23H17N3O2S/c27-21-10-8-16-12-17(7-9-19(16)24-21)20-13-29-23(25-20)26-22(28)18-6-5-14-3-1-2-4-15(14)11-18/h1-7,9,11-13H,8,10H2,(H,24,27)(H,25,26,28). The molecule has 2 heterocycles. The molecule has 0 fully saturated rings. The van der Waals surface area contributed by atoms with Gasteiger partial charge in [0, 0.05) is 28.6 Å². The van der Waals surface area contributed by atoms with Crippen LogP contribution in [0.3, 0.4) is 0 Å². The molecule has 0 spiro atoms. The number of rotatable bonds is 3. The zero-order valence-electron chi connectivity index (χ0n) is 15.4.